The van der Waals surface area contributed by atoms with Crippen molar-refractivity contribution in [2.75, 3.05) is 44.3 Å². The molecule has 0 saturated carbocycles. The normalized spacial score (nSPS) is 18.1. The van der Waals surface area contributed by atoms with Crippen molar-refractivity contribution in [2.45, 2.75) is 25.4 Å². The first kappa shape index (κ1) is 21.0. The number of fused-ring (bicyclic) bond motifs is 1. The zero-order valence-corrected chi connectivity index (χ0v) is 18.7. The van der Waals surface area contributed by atoms with Gasteiger partial charge in [0.05, 0.1) is 38.3 Å². The van der Waals surface area contributed by atoms with Gasteiger partial charge in [-0.2, -0.15) is 0 Å². The lowest BCUT2D eigenvalue weighted by atomic mass is 10.1. The SMILES string of the molecule is Oc1cncc(-c2nc(N3CCOCC3)c3nnn(C4CCN(Cc5ccco5)CC4)c3n2)c1. The summed E-state index contributed by atoms with van der Waals surface area (Å²) >= 11 is 0. The number of ether oxygens (including phenoxy) is 1. The van der Waals surface area contributed by atoms with Gasteiger partial charge >= 0.3 is 0 Å². The molecule has 4 aromatic heterocycles. The van der Waals surface area contributed by atoms with Crippen LogP contribution in [-0.2, 0) is 11.3 Å². The van der Waals surface area contributed by atoms with Crippen LogP contribution in [0, 0.1) is 0 Å². The molecule has 0 unspecified atom stereocenters. The number of pyridine rings is 1. The minimum Gasteiger partial charge on any atom is -0.506 e. The van der Waals surface area contributed by atoms with Crippen molar-refractivity contribution >= 4 is 17.0 Å². The fraction of sp³-hybridized carbons (Fsp3) is 0.435. The van der Waals surface area contributed by atoms with Gasteiger partial charge in [-0.15, -0.1) is 5.10 Å². The van der Waals surface area contributed by atoms with Gasteiger partial charge in [-0.05, 0) is 31.0 Å². The number of rotatable bonds is 5. The highest BCUT2D eigenvalue weighted by molar-refractivity contribution is 5.85. The number of morpholine rings is 1. The van der Waals surface area contributed by atoms with Gasteiger partial charge in [0, 0.05) is 37.9 Å². The number of aromatic hydroxyl groups is 1. The minimum atomic E-state index is 0.0738. The third-order valence-electron chi connectivity index (χ3n) is 6.46. The van der Waals surface area contributed by atoms with Crippen molar-refractivity contribution in [1.29, 1.82) is 0 Å². The Bertz CT molecular complexity index is 1260. The highest BCUT2D eigenvalue weighted by Crippen LogP contribution is 2.31. The van der Waals surface area contributed by atoms with E-state index in [9.17, 15) is 5.11 Å². The molecule has 0 aromatic carbocycles. The maximum absolute atomic E-state index is 9.95. The molecule has 6 heterocycles. The first-order valence-corrected chi connectivity index (χ1v) is 11.6. The molecule has 2 aliphatic rings. The van der Waals surface area contributed by atoms with Gasteiger partial charge in [-0.25, -0.2) is 14.6 Å². The number of nitrogens with zero attached hydrogens (tertiary/aromatic N) is 8. The lowest BCUT2D eigenvalue weighted by Gasteiger charge is -2.31. The van der Waals surface area contributed by atoms with E-state index in [0.29, 0.717) is 35.8 Å². The van der Waals surface area contributed by atoms with Crippen molar-refractivity contribution in [1.82, 2.24) is 34.8 Å². The summed E-state index contributed by atoms with van der Waals surface area (Å²) in [7, 11) is 0. The van der Waals surface area contributed by atoms with Gasteiger partial charge in [0.15, 0.2) is 22.8 Å². The fourth-order valence-electron chi connectivity index (χ4n) is 4.68. The number of aromatic nitrogens is 6. The lowest BCUT2D eigenvalue weighted by molar-refractivity contribution is 0.122. The molecule has 0 radical (unpaired) electrons. The predicted octanol–water partition coefficient (Wildman–Crippen LogP) is 2.26. The number of hydrogen-bond acceptors (Lipinski definition) is 10. The Kier molecular flexibility index (Phi) is 5.55. The number of likely N-dealkylation sites (tertiary alicyclic amines) is 1. The molecule has 0 aliphatic carbocycles. The van der Waals surface area contributed by atoms with Gasteiger partial charge in [0.2, 0.25) is 0 Å². The smallest absolute Gasteiger partial charge is 0.184 e. The molecule has 0 bridgehead atoms. The van der Waals surface area contributed by atoms with Gasteiger partial charge in [0.1, 0.15) is 11.5 Å². The molecule has 11 nitrogen and oxygen atoms in total. The van der Waals surface area contributed by atoms with E-state index in [-0.39, 0.29) is 11.8 Å². The van der Waals surface area contributed by atoms with E-state index in [1.807, 2.05) is 16.8 Å². The Labute approximate surface area is 196 Å². The van der Waals surface area contributed by atoms with Crippen LogP contribution in [0.3, 0.4) is 0 Å². The molecule has 2 aliphatic heterocycles. The van der Waals surface area contributed by atoms with Crippen LogP contribution in [0.2, 0.25) is 0 Å². The summed E-state index contributed by atoms with van der Waals surface area (Å²) in [6.07, 6.45) is 6.66. The van der Waals surface area contributed by atoms with Crippen LogP contribution in [0.15, 0.2) is 41.3 Å². The van der Waals surface area contributed by atoms with Crippen molar-refractivity contribution in [3.63, 3.8) is 0 Å². The molecule has 0 amide bonds. The van der Waals surface area contributed by atoms with E-state index >= 15 is 0 Å². The van der Waals surface area contributed by atoms with Crippen molar-refractivity contribution in [3.05, 3.63) is 42.6 Å². The third kappa shape index (κ3) is 4.08. The molecule has 0 atom stereocenters. The quantitative estimate of drug-likeness (QED) is 0.473. The summed E-state index contributed by atoms with van der Waals surface area (Å²) in [4.78, 5) is 18.3. The molecular formula is C23H26N8O3. The third-order valence-corrected chi connectivity index (χ3v) is 6.46. The second kappa shape index (κ2) is 8.99. The molecule has 2 saturated heterocycles. The Morgan fingerprint density at radius 1 is 1.06 bits per heavy atom. The van der Waals surface area contributed by atoms with Crippen LogP contribution < -0.4 is 4.90 Å². The van der Waals surface area contributed by atoms with Crippen LogP contribution in [0.5, 0.6) is 5.75 Å². The van der Waals surface area contributed by atoms with Gasteiger partial charge in [-0.3, -0.25) is 9.88 Å². The lowest BCUT2D eigenvalue weighted by Crippen LogP contribution is -2.37. The highest BCUT2D eigenvalue weighted by Gasteiger charge is 2.27. The average molecular weight is 463 g/mol. The first-order chi connectivity index (χ1) is 16.7. The topological polar surface area (TPSA) is 118 Å². The van der Waals surface area contributed by atoms with Gasteiger partial charge < -0.3 is 19.2 Å². The second-order valence-corrected chi connectivity index (χ2v) is 8.69. The second-order valence-electron chi connectivity index (χ2n) is 8.69. The van der Waals surface area contributed by atoms with Crippen LogP contribution in [0.1, 0.15) is 24.6 Å². The molecule has 11 heteroatoms. The Morgan fingerprint density at radius 2 is 1.91 bits per heavy atom. The van der Waals surface area contributed by atoms with Gasteiger partial charge in [0.25, 0.3) is 0 Å². The van der Waals surface area contributed by atoms with Crippen LogP contribution >= 0.6 is 0 Å². The summed E-state index contributed by atoms with van der Waals surface area (Å²) < 4.78 is 13.0. The molecule has 176 valence electrons. The molecule has 6 rings (SSSR count). The van der Waals surface area contributed by atoms with Crippen LogP contribution in [0.4, 0.5) is 5.82 Å². The van der Waals surface area contributed by atoms with E-state index in [0.717, 1.165) is 57.1 Å². The molecular weight excluding hydrogens is 436 g/mol. The standard InChI is InChI=1S/C23H26N8O3/c32-18-12-16(13-24-14-18)21-25-22(30-7-10-33-11-8-30)20-23(26-21)31(28-27-20)17-3-5-29(6-4-17)15-19-2-1-9-34-19/h1-2,9,12-14,17,32H,3-8,10-11,15H2. The number of furan rings is 1. The van der Waals surface area contributed by atoms with Crippen molar-refractivity contribution < 1.29 is 14.3 Å². The van der Waals surface area contributed by atoms with Crippen LogP contribution in [-0.4, -0.2) is 79.3 Å². The largest absolute Gasteiger partial charge is 0.506 e. The van der Waals surface area contributed by atoms with Crippen LogP contribution in [0.25, 0.3) is 22.6 Å². The van der Waals surface area contributed by atoms with Crippen molar-refractivity contribution in [3.8, 4) is 17.1 Å². The Hall–Kier alpha value is -3.57. The zero-order valence-electron chi connectivity index (χ0n) is 18.7. The van der Waals surface area contributed by atoms with Crippen molar-refractivity contribution in [2.24, 2.45) is 0 Å². The average Bonchev–Trinajstić information content (AvgIpc) is 3.55. The Balaban J connectivity index is 1.33. The number of piperidine rings is 1. The van der Waals surface area contributed by atoms with E-state index in [4.69, 9.17) is 19.1 Å². The highest BCUT2D eigenvalue weighted by atomic mass is 16.5. The summed E-state index contributed by atoms with van der Waals surface area (Å²) in [6, 6.07) is 5.76. The van der Waals surface area contributed by atoms with E-state index in [1.54, 1.807) is 18.5 Å². The zero-order chi connectivity index (χ0) is 22.9. The molecule has 4 aromatic rings. The summed E-state index contributed by atoms with van der Waals surface area (Å²) in [6.45, 7) is 5.42. The maximum atomic E-state index is 9.95. The summed E-state index contributed by atoms with van der Waals surface area (Å²) in [5.74, 6) is 2.30. The predicted molar refractivity (Wildman–Crippen MR) is 123 cm³/mol. The summed E-state index contributed by atoms with van der Waals surface area (Å²) in [5, 5.41) is 19.0. The monoisotopic (exact) mass is 462 g/mol. The first-order valence-electron chi connectivity index (χ1n) is 11.6. The summed E-state index contributed by atoms with van der Waals surface area (Å²) in [5.41, 5.74) is 2.05. The van der Waals surface area contributed by atoms with E-state index in [1.165, 1.54) is 6.20 Å². The molecule has 1 N–H and O–H groups in total. The maximum Gasteiger partial charge on any atom is 0.184 e. The van der Waals surface area contributed by atoms with Gasteiger partial charge in [-0.1, -0.05) is 5.21 Å². The minimum absolute atomic E-state index is 0.0738. The molecule has 2 fully saturated rings. The molecule has 34 heavy (non-hydrogen) atoms. The number of anilines is 1. The molecule has 0 spiro atoms. The Morgan fingerprint density at radius 3 is 2.68 bits per heavy atom. The van der Waals surface area contributed by atoms with E-state index in [2.05, 4.69) is 25.1 Å². The fourth-order valence-corrected chi connectivity index (χ4v) is 4.68. The van der Waals surface area contributed by atoms with E-state index < -0.39 is 0 Å². The number of hydrogen-bond donors (Lipinski definition) is 1.